The normalized spacial score (nSPS) is 23.3. The molecular formula is C13H16F2N2O2. The van der Waals surface area contributed by atoms with Crippen LogP contribution in [0.3, 0.4) is 0 Å². The zero-order chi connectivity index (χ0) is 14.0. The zero-order valence-corrected chi connectivity index (χ0v) is 10.6. The quantitative estimate of drug-likeness (QED) is 0.798. The first kappa shape index (κ1) is 13.7. The van der Waals surface area contributed by atoms with Gasteiger partial charge in [0.05, 0.1) is 0 Å². The van der Waals surface area contributed by atoms with Gasteiger partial charge in [-0.2, -0.15) is 5.90 Å². The van der Waals surface area contributed by atoms with E-state index in [1.165, 1.54) is 11.0 Å². The highest BCUT2D eigenvalue weighted by Crippen LogP contribution is 2.33. The number of benzene rings is 1. The summed E-state index contributed by atoms with van der Waals surface area (Å²) in [6, 6.07) is 3.68. The van der Waals surface area contributed by atoms with Gasteiger partial charge >= 0.3 is 6.09 Å². The molecule has 2 rings (SSSR count). The maximum absolute atomic E-state index is 13.3. The lowest BCUT2D eigenvalue weighted by Gasteiger charge is -2.38. The van der Waals surface area contributed by atoms with Gasteiger partial charge in [-0.1, -0.05) is 6.07 Å². The van der Waals surface area contributed by atoms with Crippen molar-refractivity contribution in [3.05, 3.63) is 35.4 Å². The number of nitrogens with two attached hydrogens (primary N) is 1. The number of carbonyl (C=O) groups excluding carboxylic acids is 1. The molecule has 104 valence electrons. The summed E-state index contributed by atoms with van der Waals surface area (Å²) in [6.45, 7) is 2.40. The van der Waals surface area contributed by atoms with Crippen molar-refractivity contribution >= 4 is 6.09 Å². The Kier molecular flexibility index (Phi) is 3.99. The third kappa shape index (κ3) is 2.68. The van der Waals surface area contributed by atoms with Gasteiger partial charge in [0, 0.05) is 18.5 Å². The lowest BCUT2D eigenvalue weighted by molar-refractivity contribution is 0.0709. The van der Waals surface area contributed by atoms with Crippen LogP contribution in [-0.4, -0.2) is 23.6 Å². The average Bonchev–Trinajstić information content (AvgIpc) is 2.41. The van der Waals surface area contributed by atoms with Crippen LogP contribution >= 0.6 is 0 Å². The molecule has 1 fully saturated rings. The fourth-order valence-electron chi connectivity index (χ4n) is 2.66. The average molecular weight is 270 g/mol. The molecule has 0 spiro atoms. The van der Waals surface area contributed by atoms with Gasteiger partial charge in [0.2, 0.25) is 0 Å². The van der Waals surface area contributed by atoms with Crippen molar-refractivity contribution in [3.8, 4) is 0 Å². The van der Waals surface area contributed by atoms with E-state index in [4.69, 9.17) is 5.90 Å². The molecule has 0 saturated carbocycles. The minimum atomic E-state index is -0.872. The summed E-state index contributed by atoms with van der Waals surface area (Å²) in [5, 5.41) is 0. The van der Waals surface area contributed by atoms with Gasteiger partial charge < -0.3 is 9.74 Å². The van der Waals surface area contributed by atoms with Crippen LogP contribution in [-0.2, 0) is 4.84 Å². The summed E-state index contributed by atoms with van der Waals surface area (Å²) >= 11 is 0. The van der Waals surface area contributed by atoms with Crippen LogP contribution in [0, 0.1) is 11.6 Å². The largest absolute Gasteiger partial charge is 0.428 e. The highest BCUT2D eigenvalue weighted by Gasteiger charge is 2.33. The van der Waals surface area contributed by atoms with E-state index >= 15 is 0 Å². The first-order chi connectivity index (χ1) is 9.04. The number of halogens is 2. The number of nitrogens with zero attached hydrogens (tertiary/aromatic N) is 1. The Morgan fingerprint density at radius 1 is 1.42 bits per heavy atom. The Balaban J connectivity index is 2.23. The van der Waals surface area contributed by atoms with E-state index in [9.17, 15) is 13.6 Å². The van der Waals surface area contributed by atoms with Gasteiger partial charge in [-0.25, -0.2) is 13.6 Å². The van der Waals surface area contributed by atoms with Gasteiger partial charge in [0.25, 0.3) is 0 Å². The van der Waals surface area contributed by atoms with Crippen molar-refractivity contribution in [1.29, 1.82) is 0 Å². The molecule has 2 N–H and O–H groups in total. The third-order valence-electron chi connectivity index (χ3n) is 3.70. The maximum Gasteiger partial charge on any atom is 0.428 e. The fourth-order valence-corrected chi connectivity index (χ4v) is 2.66. The Morgan fingerprint density at radius 2 is 2.16 bits per heavy atom. The van der Waals surface area contributed by atoms with Crippen LogP contribution in [0.15, 0.2) is 18.2 Å². The molecule has 1 amide bonds. The van der Waals surface area contributed by atoms with Crippen LogP contribution in [0.4, 0.5) is 13.6 Å². The summed E-state index contributed by atoms with van der Waals surface area (Å²) in [6.07, 6.45) is 0.976. The van der Waals surface area contributed by atoms with Crippen molar-refractivity contribution in [2.45, 2.75) is 31.7 Å². The molecule has 0 bridgehead atoms. The topological polar surface area (TPSA) is 55.6 Å². The number of rotatable bonds is 1. The van der Waals surface area contributed by atoms with Gasteiger partial charge in [-0.05, 0) is 37.5 Å². The van der Waals surface area contributed by atoms with E-state index in [0.29, 0.717) is 12.1 Å². The molecule has 1 heterocycles. The summed E-state index contributed by atoms with van der Waals surface area (Å²) in [5.41, 5.74) is 0.681. The molecule has 6 heteroatoms. The molecule has 0 radical (unpaired) electrons. The molecule has 1 aliphatic heterocycles. The van der Waals surface area contributed by atoms with Crippen molar-refractivity contribution < 1.29 is 18.4 Å². The minimum Gasteiger partial charge on any atom is -0.357 e. The van der Waals surface area contributed by atoms with E-state index in [-0.39, 0.29) is 12.0 Å². The van der Waals surface area contributed by atoms with Crippen molar-refractivity contribution in [3.63, 3.8) is 0 Å². The number of hydrogen-bond acceptors (Lipinski definition) is 3. The molecule has 1 aromatic carbocycles. The van der Waals surface area contributed by atoms with Crippen molar-refractivity contribution in [1.82, 2.24) is 4.90 Å². The highest BCUT2D eigenvalue weighted by atomic mass is 19.2. The lowest BCUT2D eigenvalue weighted by atomic mass is 9.84. The van der Waals surface area contributed by atoms with Crippen LogP contribution in [0.25, 0.3) is 0 Å². The number of likely N-dealkylation sites (tertiary alicyclic amines) is 1. The van der Waals surface area contributed by atoms with Gasteiger partial charge in [0.1, 0.15) is 0 Å². The summed E-state index contributed by atoms with van der Waals surface area (Å²) < 4.78 is 26.2. The fraction of sp³-hybridized carbons (Fsp3) is 0.462. The van der Waals surface area contributed by atoms with Crippen LogP contribution in [0.5, 0.6) is 0 Å². The summed E-state index contributed by atoms with van der Waals surface area (Å²) in [4.78, 5) is 17.3. The molecular weight excluding hydrogens is 254 g/mol. The van der Waals surface area contributed by atoms with E-state index in [1.54, 1.807) is 6.07 Å². The van der Waals surface area contributed by atoms with Crippen molar-refractivity contribution in [2.75, 3.05) is 6.54 Å². The standard InChI is InChI=1S/C13H16F2N2O2/c1-8-10(3-2-6-17(8)13(18)19-16)9-4-5-11(14)12(15)7-9/h4-5,7-8,10H,2-3,6,16H2,1H3. The molecule has 0 aromatic heterocycles. The monoisotopic (exact) mass is 270 g/mol. The Labute approximate surface area is 110 Å². The molecule has 19 heavy (non-hydrogen) atoms. The smallest absolute Gasteiger partial charge is 0.357 e. The highest BCUT2D eigenvalue weighted by molar-refractivity contribution is 5.68. The Bertz CT molecular complexity index is 482. The van der Waals surface area contributed by atoms with Gasteiger partial charge in [-0.3, -0.25) is 0 Å². The van der Waals surface area contributed by atoms with Crippen LogP contribution < -0.4 is 5.90 Å². The summed E-state index contributed by atoms with van der Waals surface area (Å²) in [7, 11) is 0. The molecule has 1 saturated heterocycles. The van der Waals surface area contributed by atoms with E-state index in [0.717, 1.165) is 18.9 Å². The lowest BCUT2D eigenvalue weighted by Crippen LogP contribution is -2.46. The molecule has 1 aromatic rings. The molecule has 2 unspecified atom stereocenters. The number of piperidine rings is 1. The number of hydrogen-bond donors (Lipinski definition) is 1. The Hall–Kier alpha value is -1.69. The second kappa shape index (κ2) is 5.52. The maximum atomic E-state index is 13.3. The predicted molar refractivity (Wildman–Crippen MR) is 65.2 cm³/mol. The summed E-state index contributed by atoms with van der Waals surface area (Å²) in [5.74, 6) is 3.10. The zero-order valence-electron chi connectivity index (χ0n) is 10.6. The molecule has 0 aliphatic carbocycles. The van der Waals surface area contributed by atoms with Crippen LogP contribution in [0.1, 0.15) is 31.2 Å². The predicted octanol–water partition coefficient (Wildman–Crippen LogP) is 2.54. The minimum absolute atomic E-state index is 0.0528. The Morgan fingerprint density at radius 3 is 2.79 bits per heavy atom. The second-order valence-corrected chi connectivity index (χ2v) is 4.74. The van der Waals surface area contributed by atoms with Crippen molar-refractivity contribution in [2.24, 2.45) is 5.90 Å². The second-order valence-electron chi connectivity index (χ2n) is 4.74. The molecule has 1 aliphatic rings. The number of amides is 1. The van der Waals surface area contributed by atoms with E-state index < -0.39 is 17.7 Å². The first-order valence-electron chi connectivity index (χ1n) is 6.17. The van der Waals surface area contributed by atoms with Crippen LogP contribution in [0.2, 0.25) is 0 Å². The van der Waals surface area contributed by atoms with E-state index in [1.807, 2.05) is 6.92 Å². The molecule has 2 atom stereocenters. The van der Waals surface area contributed by atoms with E-state index in [2.05, 4.69) is 4.84 Å². The molecule has 4 nitrogen and oxygen atoms in total. The third-order valence-corrected chi connectivity index (χ3v) is 3.70. The SMILES string of the molecule is CC1C(c2ccc(F)c(F)c2)CCCN1C(=O)ON. The van der Waals surface area contributed by atoms with Gasteiger partial charge in [0.15, 0.2) is 11.6 Å². The van der Waals surface area contributed by atoms with Gasteiger partial charge in [-0.15, -0.1) is 0 Å². The first-order valence-corrected chi connectivity index (χ1v) is 6.17. The number of carbonyl (C=O) groups is 1.